The Hall–Kier alpha value is -8.66. The molecule has 342 valence electrons. The first kappa shape index (κ1) is 56.5. The zero-order valence-electron chi connectivity index (χ0n) is 36.7. The van der Waals surface area contributed by atoms with Gasteiger partial charge in [0, 0.05) is 63.5 Å². The van der Waals surface area contributed by atoms with Gasteiger partial charge in [0.15, 0.2) is 0 Å². The maximum atomic E-state index is 11.9. The van der Waals surface area contributed by atoms with E-state index in [2.05, 4.69) is 39.9 Å². The Labute approximate surface area is 420 Å². The monoisotopic (exact) mass is 994 g/mol. The van der Waals surface area contributed by atoms with Crippen LogP contribution in [0.5, 0.6) is 23.0 Å². The number of aromatic nitrogens is 4. The van der Waals surface area contributed by atoms with Crippen LogP contribution in [0.1, 0.15) is 36.1 Å². The van der Waals surface area contributed by atoms with Crippen molar-refractivity contribution in [1.82, 2.24) is 19.9 Å². The summed E-state index contributed by atoms with van der Waals surface area (Å²) in [7, 11) is 0. The van der Waals surface area contributed by atoms with Crippen molar-refractivity contribution in [1.29, 1.82) is 10.5 Å². The summed E-state index contributed by atoms with van der Waals surface area (Å²) < 4.78 is 0. The number of para-hydroxylation sites is 4. The van der Waals surface area contributed by atoms with Crippen LogP contribution in [0.2, 0.25) is 0 Å². The fourth-order valence-corrected chi connectivity index (χ4v) is 5.64. The average Bonchev–Trinajstić information content (AvgIpc) is 3.34. The third-order valence-electron chi connectivity index (χ3n) is 8.64. The molecule has 4 heterocycles. The molecule has 0 aliphatic carbocycles. The second-order valence-corrected chi connectivity index (χ2v) is 13.1. The van der Waals surface area contributed by atoms with Crippen molar-refractivity contribution in [2.24, 2.45) is 20.0 Å². The molecule has 0 saturated heterocycles. The van der Waals surface area contributed by atoms with Gasteiger partial charge in [0.25, 0.3) is 0 Å². The third-order valence-corrected chi connectivity index (χ3v) is 8.64. The summed E-state index contributed by atoms with van der Waals surface area (Å²) in [4.78, 5) is 35.5. The molecule has 0 unspecified atom stereocenters. The predicted octanol–water partition coefficient (Wildman–Crippen LogP) is 8.52. The molecule has 8 rings (SSSR count). The largest absolute Gasteiger partial charge is 3.00 e. The number of aliphatic imine (C=N–C) groups is 4. The van der Waals surface area contributed by atoms with Gasteiger partial charge in [0.2, 0.25) is 0 Å². The van der Waals surface area contributed by atoms with Gasteiger partial charge in [-0.05, 0) is 70.8 Å². The molecule has 0 saturated carbocycles. The smallest absolute Gasteiger partial charge is 2.00 e. The second kappa shape index (κ2) is 30.5. The van der Waals surface area contributed by atoms with Crippen molar-refractivity contribution in [3.8, 4) is 57.9 Å². The minimum Gasteiger partial charge on any atom is -2.00 e. The van der Waals surface area contributed by atoms with E-state index >= 15 is 0 Å². The first-order valence-corrected chi connectivity index (χ1v) is 19.9. The van der Waals surface area contributed by atoms with Gasteiger partial charge < -0.3 is 25.9 Å². The molecule has 15 nitrogen and oxygen atoms in total. The van der Waals surface area contributed by atoms with Crippen LogP contribution in [0.3, 0.4) is 0 Å². The Bertz CT molecular complexity index is 2680. The molecule has 0 aliphatic heterocycles. The number of rotatable bonds is 10. The summed E-state index contributed by atoms with van der Waals surface area (Å²) in [6.45, 7) is 2.86. The van der Waals surface area contributed by atoms with Gasteiger partial charge >= 0.3 is 34.1 Å². The van der Waals surface area contributed by atoms with Crippen molar-refractivity contribution < 1.29 is 60.0 Å². The van der Waals surface area contributed by atoms with Crippen LogP contribution in [-0.2, 0) is 39.6 Å². The van der Waals surface area contributed by atoms with E-state index in [1.807, 2.05) is 0 Å². The van der Waals surface area contributed by atoms with Gasteiger partial charge in [-0.15, -0.1) is 23.0 Å². The predicted molar refractivity (Wildman–Crippen MR) is 251 cm³/mol. The Balaban J connectivity index is 0.000000409. The fourth-order valence-electron chi connectivity index (χ4n) is 5.64. The van der Waals surface area contributed by atoms with Crippen LogP contribution in [0.4, 0.5) is 22.7 Å². The van der Waals surface area contributed by atoms with E-state index in [-0.39, 0.29) is 62.6 Å². The van der Waals surface area contributed by atoms with E-state index in [4.69, 9.17) is 10.5 Å². The standard InChI is InChI=1S/2C24H18N4O2.2C2H3N.2Fe.O/c2*29-21-11-3-1-7-17(21)15-27-19-9-5-13-25-23(19)24-20(10-6-14-26-24)28-16-18-8-2-4-12-22(18)30;2*1-2-3;;;/h2*1-16,29-30H;2*1H3;;;/q;;;;2*+3;-2/p-4. The van der Waals surface area contributed by atoms with Crippen molar-refractivity contribution >= 4 is 47.6 Å². The molecular formula is C52H38Fe2N10O5. The quantitative estimate of drug-likeness (QED) is 0.0930. The molecular weight excluding hydrogens is 956 g/mol. The van der Waals surface area contributed by atoms with E-state index in [9.17, 15) is 20.4 Å². The fraction of sp³-hybridized carbons (Fsp3) is 0.0385. The normalized spacial score (nSPS) is 10.1. The number of benzene rings is 4. The Morgan fingerprint density at radius 1 is 0.362 bits per heavy atom. The summed E-state index contributed by atoms with van der Waals surface area (Å²) in [5.41, 5.74) is 6.27. The number of pyridine rings is 4. The molecule has 2 radical (unpaired) electrons. The van der Waals surface area contributed by atoms with Crippen LogP contribution in [-0.4, -0.2) is 44.8 Å². The molecule has 8 aromatic rings. The minimum atomic E-state index is -0.105. The van der Waals surface area contributed by atoms with Crippen molar-refractivity contribution in [2.45, 2.75) is 13.8 Å². The molecule has 0 N–H and O–H groups in total. The van der Waals surface area contributed by atoms with Gasteiger partial charge in [-0.25, -0.2) is 0 Å². The van der Waals surface area contributed by atoms with Crippen molar-refractivity contribution in [3.05, 3.63) is 193 Å². The Kier molecular flexibility index (Phi) is 25.0. The molecule has 69 heavy (non-hydrogen) atoms. The first-order valence-electron chi connectivity index (χ1n) is 19.9. The van der Waals surface area contributed by atoms with Crippen LogP contribution in [0, 0.1) is 22.7 Å². The summed E-state index contributed by atoms with van der Waals surface area (Å²) in [5, 5.41) is 62.4. The molecule has 0 bridgehead atoms. The van der Waals surface area contributed by atoms with E-state index in [1.54, 1.807) is 158 Å². The molecule has 0 fully saturated rings. The maximum absolute atomic E-state index is 11.9. The Morgan fingerprint density at radius 3 is 0.739 bits per heavy atom. The summed E-state index contributed by atoms with van der Waals surface area (Å²) in [6.07, 6.45) is 12.6. The van der Waals surface area contributed by atoms with E-state index < -0.39 is 0 Å². The first-order chi connectivity index (χ1) is 32.3. The molecule has 4 aromatic heterocycles. The van der Waals surface area contributed by atoms with E-state index in [1.165, 1.54) is 63.0 Å². The minimum absolute atomic E-state index is 0. The SMILES string of the molecule is CC#N.CC#N.[Fe+3].[Fe+3].[O-2].[O-]c1ccccc1C=Nc1cccnc1-c1ncccc1N=Cc1ccccc1[O-].[O-]c1ccccc1C=Nc1cccnc1-c1ncccc1N=Cc1ccccc1[O-]. The molecule has 0 spiro atoms. The Morgan fingerprint density at radius 2 is 0.551 bits per heavy atom. The van der Waals surface area contributed by atoms with Crippen LogP contribution in [0.15, 0.2) is 190 Å². The maximum Gasteiger partial charge on any atom is 3.00 e. The molecule has 0 atom stereocenters. The summed E-state index contributed by atoms with van der Waals surface area (Å²) in [5.74, 6) is -0.422. The second-order valence-electron chi connectivity index (χ2n) is 13.1. The van der Waals surface area contributed by atoms with E-state index in [0.29, 0.717) is 67.8 Å². The number of hydrogen-bond acceptors (Lipinski definition) is 14. The molecule has 0 aliphatic rings. The van der Waals surface area contributed by atoms with Gasteiger partial charge in [0.05, 0.1) is 34.9 Å². The zero-order chi connectivity index (χ0) is 46.9. The third kappa shape index (κ3) is 16.9. The number of nitrogens with zero attached hydrogens (tertiary/aromatic N) is 10. The topological polar surface area (TPSA) is 269 Å². The van der Waals surface area contributed by atoms with Gasteiger partial charge in [-0.2, -0.15) is 10.5 Å². The number of hydrogen-bond donors (Lipinski definition) is 0. The van der Waals surface area contributed by atoms with Crippen molar-refractivity contribution in [2.75, 3.05) is 0 Å². The van der Waals surface area contributed by atoms with Crippen LogP contribution >= 0.6 is 0 Å². The number of nitriles is 2. The van der Waals surface area contributed by atoms with Crippen LogP contribution < -0.4 is 20.4 Å². The van der Waals surface area contributed by atoms with Gasteiger partial charge in [0.1, 0.15) is 22.8 Å². The molecule has 0 amide bonds. The van der Waals surface area contributed by atoms with Gasteiger partial charge in [-0.3, -0.25) is 39.9 Å². The van der Waals surface area contributed by atoms with Crippen LogP contribution in [0.25, 0.3) is 22.8 Å². The van der Waals surface area contributed by atoms with Crippen molar-refractivity contribution in [3.63, 3.8) is 0 Å². The molecule has 4 aromatic carbocycles. The summed E-state index contributed by atoms with van der Waals surface area (Å²) in [6, 6.07) is 44.4. The van der Waals surface area contributed by atoms with E-state index in [0.717, 1.165) is 0 Å². The van der Waals surface area contributed by atoms with Gasteiger partial charge in [-0.1, -0.05) is 97.1 Å². The zero-order valence-corrected chi connectivity index (χ0v) is 38.9. The summed E-state index contributed by atoms with van der Waals surface area (Å²) >= 11 is 0. The molecule has 17 heteroatoms. The average molecular weight is 995 g/mol.